The first-order valence-corrected chi connectivity index (χ1v) is 7.79. The van der Waals surface area contributed by atoms with E-state index in [1.54, 1.807) is 0 Å². The Kier molecular flexibility index (Phi) is 6.95. The lowest BCUT2D eigenvalue weighted by molar-refractivity contribution is 0.0442. The minimum Gasteiger partial charge on any atom is -0.390 e. The van der Waals surface area contributed by atoms with Crippen molar-refractivity contribution in [3.8, 4) is 0 Å². The average molecular weight is 313 g/mol. The zero-order valence-corrected chi connectivity index (χ0v) is 13.2. The van der Waals surface area contributed by atoms with Crippen LogP contribution >= 0.6 is 15.9 Å². The van der Waals surface area contributed by atoms with Crippen LogP contribution in [0.15, 0.2) is 28.7 Å². The molecule has 0 aromatic heterocycles. The molecule has 0 saturated heterocycles. The van der Waals surface area contributed by atoms with Gasteiger partial charge in [0.2, 0.25) is 0 Å². The van der Waals surface area contributed by atoms with E-state index >= 15 is 0 Å². The van der Waals surface area contributed by atoms with Gasteiger partial charge in [-0.2, -0.15) is 0 Å². The maximum Gasteiger partial charge on any atom is 0.0617 e. The van der Waals surface area contributed by atoms with Gasteiger partial charge in [0.05, 0.1) is 5.60 Å². The van der Waals surface area contributed by atoms with Crippen LogP contribution in [-0.4, -0.2) is 10.7 Å². The number of halogens is 1. The summed E-state index contributed by atoms with van der Waals surface area (Å²) in [6.07, 6.45) is 7.82. The summed E-state index contributed by atoms with van der Waals surface area (Å²) in [6, 6.07) is 8.58. The van der Waals surface area contributed by atoms with E-state index in [4.69, 9.17) is 0 Å². The number of hydrogen-bond acceptors (Lipinski definition) is 1. The number of benzene rings is 1. The van der Waals surface area contributed by atoms with Crippen LogP contribution in [0, 0.1) is 0 Å². The molecule has 0 aliphatic carbocycles. The van der Waals surface area contributed by atoms with E-state index in [-0.39, 0.29) is 0 Å². The quantitative estimate of drug-likeness (QED) is 0.662. The highest BCUT2D eigenvalue weighted by Gasteiger charge is 2.15. The van der Waals surface area contributed by atoms with E-state index in [0.29, 0.717) is 0 Å². The van der Waals surface area contributed by atoms with Crippen LogP contribution in [0.3, 0.4) is 0 Å². The van der Waals surface area contributed by atoms with E-state index in [9.17, 15) is 5.11 Å². The lowest BCUT2D eigenvalue weighted by atomic mass is 9.95. The summed E-state index contributed by atoms with van der Waals surface area (Å²) in [5, 5.41) is 9.88. The Morgan fingerprint density at radius 2 is 1.67 bits per heavy atom. The fourth-order valence-electron chi connectivity index (χ4n) is 2.02. The molecule has 0 fully saturated rings. The van der Waals surface area contributed by atoms with Crippen LogP contribution in [0.5, 0.6) is 0 Å². The van der Waals surface area contributed by atoms with Crippen molar-refractivity contribution in [2.75, 3.05) is 0 Å². The number of aryl methyl sites for hydroxylation is 1. The van der Waals surface area contributed by atoms with Crippen molar-refractivity contribution in [3.05, 3.63) is 34.3 Å². The van der Waals surface area contributed by atoms with Gasteiger partial charge in [-0.3, -0.25) is 0 Å². The fraction of sp³-hybridized carbons (Fsp3) is 0.625. The summed E-state index contributed by atoms with van der Waals surface area (Å²) in [5.74, 6) is 0. The van der Waals surface area contributed by atoms with Crippen LogP contribution in [0.2, 0.25) is 0 Å². The van der Waals surface area contributed by atoms with Crippen molar-refractivity contribution in [3.63, 3.8) is 0 Å². The molecule has 0 amide bonds. The second-order valence-corrected chi connectivity index (χ2v) is 6.31. The molecule has 1 unspecified atom stereocenters. The Labute approximate surface area is 120 Å². The molecule has 0 spiro atoms. The highest BCUT2D eigenvalue weighted by atomic mass is 79.9. The molecule has 2 heteroatoms. The van der Waals surface area contributed by atoms with Gasteiger partial charge in [0.1, 0.15) is 0 Å². The summed E-state index contributed by atoms with van der Waals surface area (Å²) in [4.78, 5) is 0. The Morgan fingerprint density at radius 1 is 1.06 bits per heavy atom. The van der Waals surface area contributed by atoms with Crippen LogP contribution in [0.25, 0.3) is 0 Å². The maximum atomic E-state index is 9.88. The highest BCUT2D eigenvalue weighted by Crippen LogP contribution is 2.19. The zero-order chi connectivity index (χ0) is 13.4. The SMILES string of the molecule is CCC(C)(O)CCCCCCc1ccc(Br)cc1. The molecule has 18 heavy (non-hydrogen) atoms. The minimum absolute atomic E-state index is 0.453. The second kappa shape index (κ2) is 7.96. The highest BCUT2D eigenvalue weighted by molar-refractivity contribution is 9.10. The molecule has 0 heterocycles. The molecule has 1 nitrogen and oxygen atoms in total. The molecule has 0 radical (unpaired) electrons. The Balaban J connectivity index is 2.07. The minimum atomic E-state index is -0.453. The Bertz CT molecular complexity index is 329. The van der Waals surface area contributed by atoms with Gasteiger partial charge in [-0.25, -0.2) is 0 Å². The maximum absolute atomic E-state index is 9.88. The average Bonchev–Trinajstić information content (AvgIpc) is 2.36. The van der Waals surface area contributed by atoms with Gasteiger partial charge in [-0.05, 0) is 50.3 Å². The van der Waals surface area contributed by atoms with E-state index in [1.807, 2.05) is 13.8 Å². The molecule has 102 valence electrons. The summed E-state index contributed by atoms with van der Waals surface area (Å²) < 4.78 is 1.15. The third-order valence-corrected chi connectivity index (χ3v) is 4.13. The van der Waals surface area contributed by atoms with Crippen molar-refractivity contribution < 1.29 is 5.11 Å². The molecule has 1 aromatic rings. The van der Waals surface area contributed by atoms with Gasteiger partial charge in [-0.15, -0.1) is 0 Å². The van der Waals surface area contributed by atoms with Crippen molar-refractivity contribution >= 4 is 15.9 Å². The third kappa shape index (κ3) is 6.55. The van der Waals surface area contributed by atoms with Crippen molar-refractivity contribution in [1.29, 1.82) is 0 Å². The van der Waals surface area contributed by atoms with Crippen LogP contribution in [0.4, 0.5) is 0 Å². The first-order valence-electron chi connectivity index (χ1n) is 7.00. The smallest absolute Gasteiger partial charge is 0.0617 e. The fourth-order valence-corrected chi connectivity index (χ4v) is 2.28. The first-order chi connectivity index (χ1) is 8.53. The number of aliphatic hydroxyl groups is 1. The summed E-state index contributed by atoms with van der Waals surface area (Å²) in [6.45, 7) is 3.99. The number of hydrogen-bond donors (Lipinski definition) is 1. The Hall–Kier alpha value is -0.340. The molecular weight excluding hydrogens is 288 g/mol. The van der Waals surface area contributed by atoms with Crippen LogP contribution < -0.4 is 0 Å². The van der Waals surface area contributed by atoms with E-state index < -0.39 is 5.60 Å². The molecule has 1 rings (SSSR count). The van der Waals surface area contributed by atoms with Crippen LogP contribution in [0.1, 0.15) is 57.9 Å². The molecule has 1 aromatic carbocycles. The first kappa shape index (κ1) is 15.7. The predicted molar refractivity (Wildman–Crippen MR) is 81.8 cm³/mol. The molecule has 0 saturated carbocycles. The second-order valence-electron chi connectivity index (χ2n) is 5.39. The summed E-state index contributed by atoms with van der Waals surface area (Å²) in [7, 11) is 0. The third-order valence-electron chi connectivity index (χ3n) is 3.61. The molecule has 0 aliphatic heterocycles. The molecule has 1 atom stereocenters. The summed E-state index contributed by atoms with van der Waals surface area (Å²) >= 11 is 3.45. The molecule has 0 aliphatic rings. The standard InChI is InChI=1S/C16H25BrO/c1-3-16(2,18)13-7-5-4-6-8-14-9-11-15(17)12-10-14/h9-12,18H,3-8,13H2,1-2H3. The number of unbranched alkanes of at least 4 members (excludes halogenated alkanes) is 3. The topological polar surface area (TPSA) is 20.2 Å². The Morgan fingerprint density at radius 3 is 2.28 bits per heavy atom. The van der Waals surface area contributed by atoms with Crippen LogP contribution in [-0.2, 0) is 6.42 Å². The molecule has 1 N–H and O–H groups in total. The van der Waals surface area contributed by atoms with Crippen molar-refractivity contribution in [1.82, 2.24) is 0 Å². The molecule has 0 bridgehead atoms. The lowest BCUT2D eigenvalue weighted by Gasteiger charge is -2.20. The normalized spacial score (nSPS) is 14.4. The summed E-state index contributed by atoms with van der Waals surface area (Å²) in [5.41, 5.74) is 0.963. The van der Waals surface area contributed by atoms with E-state index in [0.717, 1.165) is 30.2 Å². The monoisotopic (exact) mass is 312 g/mol. The number of rotatable bonds is 8. The van der Waals surface area contributed by atoms with Gasteiger partial charge >= 0.3 is 0 Å². The van der Waals surface area contributed by atoms with Crippen molar-refractivity contribution in [2.45, 2.75) is 64.4 Å². The van der Waals surface area contributed by atoms with Gasteiger partial charge in [0, 0.05) is 4.47 Å². The van der Waals surface area contributed by atoms with Crippen molar-refractivity contribution in [2.24, 2.45) is 0 Å². The van der Waals surface area contributed by atoms with Gasteiger partial charge in [0.25, 0.3) is 0 Å². The zero-order valence-electron chi connectivity index (χ0n) is 11.6. The van der Waals surface area contributed by atoms with Gasteiger partial charge in [0.15, 0.2) is 0 Å². The van der Waals surface area contributed by atoms with Gasteiger partial charge in [-0.1, -0.05) is 54.2 Å². The van der Waals surface area contributed by atoms with E-state index in [2.05, 4.69) is 40.2 Å². The molecular formula is C16H25BrO. The van der Waals surface area contributed by atoms with Gasteiger partial charge < -0.3 is 5.11 Å². The lowest BCUT2D eigenvalue weighted by Crippen LogP contribution is -2.22. The largest absolute Gasteiger partial charge is 0.390 e. The van der Waals surface area contributed by atoms with E-state index in [1.165, 1.54) is 24.8 Å². The predicted octanol–water partition coefficient (Wildman–Crippen LogP) is 5.10.